The molecule has 1 atom stereocenters. The van der Waals surface area contributed by atoms with E-state index < -0.39 is 0 Å². The summed E-state index contributed by atoms with van der Waals surface area (Å²) in [6.07, 6.45) is 7.96. The highest BCUT2D eigenvalue weighted by molar-refractivity contribution is 5.07. The van der Waals surface area contributed by atoms with Crippen LogP contribution < -0.4 is 5.32 Å². The Kier molecular flexibility index (Phi) is 3.14. The smallest absolute Gasteiger partial charge is 0.0312 e. The summed E-state index contributed by atoms with van der Waals surface area (Å²) in [5, 5.41) is 3.53. The number of nitrogens with one attached hydrogen (secondary N) is 1. The summed E-state index contributed by atoms with van der Waals surface area (Å²) in [7, 11) is 0. The molecule has 1 heterocycles. The number of nitrogens with zero attached hydrogens (tertiary/aromatic N) is 1. The van der Waals surface area contributed by atoms with Gasteiger partial charge >= 0.3 is 0 Å². The second-order valence-electron chi connectivity index (χ2n) is 4.32. The Hall–Kier alpha value is -0.890. The van der Waals surface area contributed by atoms with Crippen LogP contribution in [0.1, 0.15) is 31.7 Å². The SMILES string of the molecule is C[C@@H](CC1CC1)NCc1cccnc1. The minimum atomic E-state index is 0.641. The Bertz CT molecular complexity index is 267. The fraction of sp³-hybridized carbons (Fsp3) is 0.583. The van der Waals surface area contributed by atoms with Gasteiger partial charge in [0.1, 0.15) is 0 Å². The highest BCUT2D eigenvalue weighted by atomic mass is 14.9. The van der Waals surface area contributed by atoms with Gasteiger partial charge in [-0.05, 0) is 30.9 Å². The normalized spacial score (nSPS) is 18.1. The number of hydrogen-bond donors (Lipinski definition) is 1. The summed E-state index contributed by atoms with van der Waals surface area (Å²) in [5.74, 6) is 1.01. The first kappa shape index (κ1) is 9.66. The lowest BCUT2D eigenvalue weighted by atomic mass is 10.1. The van der Waals surface area contributed by atoms with Crippen molar-refractivity contribution < 1.29 is 0 Å². The highest BCUT2D eigenvalue weighted by Crippen LogP contribution is 2.33. The summed E-state index contributed by atoms with van der Waals surface area (Å²) in [6, 6.07) is 4.74. The molecule has 2 nitrogen and oxygen atoms in total. The van der Waals surface area contributed by atoms with E-state index in [2.05, 4.69) is 23.3 Å². The standard InChI is InChI=1S/C12H18N2/c1-10(7-11-4-5-11)14-9-12-3-2-6-13-8-12/h2-3,6,8,10-11,14H,4-5,7,9H2,1H3/t10-/m0/s1. The van der Waals surface area contributed by atoms with Crippen LogP contribution in [0.3, 0.4) is 0 Å². The van der Waals surface area contributed by atoms with Crippen molar-refractivity contribution in [2.24, 2.45) is 5.92 Å². The van der Waals surface area contributed by atoms with Crippen LogP contribution in [0.4, 0.5) is 0 Å². The Morgan fingerprint density at radius 1 is 1.57 bits per heavy atom. The van der Waals surface area contributed by atoms with Crippen LogP contribution in [0.5, 0.6) is 0 Å². The first-order valence-corrected chi connectivity index (χ1v) is 5.47. The second-order valence-corrected chi connectivity index (χ2v) is 4.32. The molecule has 0 saturated heterocycles. The number of hydrogen-bond acceptors (Lipinski definition) is 2. The van der Waals surface area contributed by atoms with Gasteiger partial charge in [0.15, 0.2) is 0 Å². The van der Waals surface area contributed by atoms with E-state index in [9.17, 15) is 0 Å². The molecule has 0 radical (unpaired) electrons. The Morgan fingerprint density at radius 3 is 3.07 bits per heavy atom. The molecule has 0 spiro atoms. The summed E-state index contributed by atoms with van der Waals surface area (Å²) < 4.78 is 0. The van der Waals surface area contributed by atoms with Gasteiger partial charge in [-0.3, -0.25) is 4.98 Å². The van der Waals surface area contributed by atoms with Crippen LogP contribution in [-0.4, -0.2) is 11.0 Å². The van der Waals surface area contributed by atoms with Crippen LogP contribution in [0.2, 0.25) is 0 Å². The van der Waals surface area contributed by atoms with Gasteiger partial charge in [-0.1, -0.05) is 18.9 Å². The van der Waals surface area contributed by atoms with E-state index in [1.807, 2.05) is 18.5 Å². The van der Waals surface area contributed by atoms with Crippen LogP contribution in [0.15, 0.2) is 24.5 Å². The first-order valence-electron chi connectivity index (χ1n) is 5.47. The Morgan fingerprint density at radius 2 is 2.43 bits per heavy atom. The van der Waals surface area contributed by atoms with Crippen LogP contribution >= 0.6 is 0 Å². The molecule has 0 unspecified atom stereocenters. The fourth-order valence-electron chi connectivity index (χ4n) is 1.73. The van der Waals surface area contributed by atoms with Crippen LogP contribution in [-0.2, 0) is 6.54 Å². The topological polar surface area (TPSA) is 24.9 Å². The fourth-order valence-corrected chi connectivity index (χ4v) is 1.73. The molecule has 2 heteroatoms. The molecule has 76 valence electrons. The number of rotatable bonds is 5. The first-order chi connectivity index (χ1) is 6.84. The molecule has 14 heavy (non-hydrogen) atoms. The zero-order valence-electron chi connectivity index (χ0n) is 8.74. The highest BCUT2D eigenvalue weighted by Gasteiger charge is 2.23. The van der Waals surface area contributed by atoms with E-state index in [1.54, 1.807) is 0 Å². The molecular weight excluding hydrogens is 172 g/mol. The summed E-state index contributed by atoms with van der Waals surface area (Å²) >= 11 is 0. The van der Waals surface area contributed by atoms with Gasteiger partial charge in [-0.2, -0.15) is 0 Å². The maximum atomic E-state index is 4.10. The van der Waals surface area contributed by atoms with Gasteiger partial charge in [-0.25, -0.2) is 0 Å². The van der Waals surface area contributed by atoms with Crippen molar-refractivity contribution in [3.05, 3.63) is 30.1 Å². The lowest BCUT2D eigenvalue weighted by Crippen LogP contribution is -2.25. The Labute approximate surface area is 85.7 Å². The molecule has 1 aromatic heterocycles. The molecule has 0 aliphatic heterocycles. The third-order valence-electron chi connectivity index (χ3n) is 2.76. The van der Waals surface area contributed by atoms with Gasteiger partial charge in [0, 0.05) is 25.0 Å². The summed E-state index contributed by atoms with van der Waals surface area (Å²) in [4.78, 5) is 4.10. The molecule has 0 amide bonds. The molecule has 0 aromatic carbocycles. The molecule has 0 bridgehead atoms. The third kappa shape index (κ3) is 3.11. The van der Waals surface area contributed by atoms with Crippen molar-refractivity contribution in [2.75, 3.05) is 0 Å². The lowest BCUT2D eigenvalue weighted by Gasteiger charge is -2.12. The number of aromatic nitrogens is 1. The van der Waals surface area contributed by atoms with Gasteiger partial charge in [0.2, 0.25) is 0 Å². The van der Waals surface area contributed by atoms with E-state index >= 15 is 0 Å². The van der Waals surface area contributed by atoms with Crippen molar-refractivity contribution in [1.82, 2.24) is 10.3 Å². The van der Waals surface area contributed by atoms with Crippen molar-refractivity contribution in [2.45, 2.75) is 38.8 Å². The van der Waals surface area contributed by atoms with Crippen LogP contribution in [0.25, 0.3) is 0 Å². The Balaban J connectivity index is 1.70. The lowest BCUT2D eigenvalue weighted by molar-refractivity contribution is 0.487. The zero-order valence-corrected chi connectivity index (χ0v) is 8.74. The zero-order chi connectivity index (χ0) is 9.80. The predicted molar refractivity (Wildman–Crippen MR) is 57.9 cm³/mol. The third-order valence-corrected chi connectivity index (χ3v) is 2.76. The minimum absolute atomic E-state index is 0.641. The van der Waals surface area contributed by atoms with E-state index in [1.165, 1.54) is 24.8 Å². The van der Waals surface area contributed by atoms with E-state index in [4.69, 9.17) is 0 Å². The van der Waals surface area contributed by atoms with E-state index in [0.29, 0.717) is 6.04 Å². The van der Waals surface area contributed by atoms with Crippen molar-refractivity contribution in [3.8, 4) is 0 Å². The largest absolute Gasteiger partial charge is 0.310 e. The monoisotopic (exact) mass is 190 g/mol. The average Bonchev–Trinajstić information content (AvgIpc) is 3.00. The maximum absolute atomic E-state index is 4.10. The molecular formula is C12H18N2. The van der Waals surface area contributed by atoms with Gasteiger partial charge in [0.25, 0.3) is 0 Å². The predicted octanol–water partition coefficient (Wildman–Crippen LogP) is 2.36. The van der Waals surface area contributed by atoms with Gasteiger partial charge < -0.3 is 5.32 Å². The maximum Gasteiger partial charge on any atom is 0.0312 e. The van der Waals surface area contributed by atoms with Gasteiger partial charge in [0.05, 0.1) is 0 Å². The number of pyridine rings is 1. The molecule has 1 N–H and O–H groups in total. The second kappa shape index (κ2) is 4.56. The molecule has 1 aliphatic rings. The average molecular weight is 190 g/mol. The summed E-state index contributed by atoms with van der Waals surface area (Å²) in [5.41, 5.74) is 1.27. The quantitative estimate of drug-likeness (QED) is 0.771. The molecule has 1 aromatic rings. The molecule has 1 saturated carbocycles. The minimum Gasteiger partial charge on any atom is -0.310 e. The van der Waals surface area contributed by atoms with E-state index in [-0.39, 0.29) is 0 Å². The molecule has 2 rings (SSSR count). The molecule has 1 aliphatic carbocycles. The molecule has 1 fully saturated rings. The van der Waals surface area contributed by atoms with E-state index in [0.717, 1.165) is 12.5 Å². The van der Waals surface area contributed by atoms with Crippen molar-refractivity contribution in [1.29, 1.82) is 0 Å². The van der Waals surface area contributed by atoms with Gasteiger partial charge in [-0.15, -0.1) is 0 Å². The van der Waals surface area contributed by atoms with Crippen LogP contribution in [0, 0.1) is 5.92 Å². The summed E-state index contributed by atoms with van der Waals surface area (Å²) in [6.45, 7) is 3.22. The van der Waals surface area contributed by atoms with Crippen molar-refractivity contribution in [3.63, 3.8) is 0 Å². The van der Waals surface area contributed by atoms with Crippen molar-refractivity contribution >= 4 is 0 Å².